The highest BCUT2D eigenvalue weighted by atomic mass is 32.1. The van der Waals surface area contributed by atoms with Crippen LogP contribution in [0, 0.1) is 0 Å². The number of hydrazone groups is 1. The van der Waals surface area contributed by atoms with E-state index in [1.165, 1.54) is 18.3 Å². The second-order valence-corrected chi connectivity index (χ2v) is 5.64. The van der Waals surface area contributed by atoms with Gasteiger partial charge in [-0.05, 0) is 48.2 Å². The molecule has 0 unspecified atom stereocenters. The summed E-state index contributed by atoms with van der Waals surface area (Å²) in [6.07, 6.45) is 0.319. The van der Waals surface area contributed by atoms with Crippen LogP contribution in [0.2, 0.25) is 0 Å². The highest BCUT2D eigenvalue weighted by molar-refractivity contribution is 7.10. The Balaban J connectivity index is 1.93. The van der Waals surface area contributed by atoms with Crippen LogP contribution in [0.15, 0.2) is 46.9 Å². The van der Waals surface area contributed by atoms with Gasteiger partial charge in [-0.3, -0.25) is 9.59 Å². The molecule has 0 aliphatic carbocycles. The third-order valence-electron chi connectivity index (χ3n) is 2.80. The minimum absolute atomic E-state index is 0.154. The maximum absolute atomic E-state index is 11.8. The van der Waals surface area contributed by atoms with E-state index in [9.17, 15) is 9.59 Å². The van der Waals surface area contributed by atoms with E-state index in [0.29, 0.717) is 17.9 Å². The van der Waals surface area contributed by atoms with Gasteiger partial charge in [0.1, 0.15) is 5.75 Å². The number of hydrogen-bond donors (Lipinski definition) is 1. The van der Waals surface area contributed by atoms with Gasteiger partial charge in [0.05, 0.1) is 12.1 Å². The van der Waals surface area contributed by atoms with E-state index in [1.54, 1.807) is 31.2 Å². The molecule has 0 spiro atoms. The summed E-state index contributed by atoms with van der Waals surface area (Å²) >= 11 is 1.54. The fraction of sp³-hybridized carbons (Fsp3) is 0.188. The molecule has 2 rings (SSSR count). The van der Waals surface area contributed by atoms with Crippen LogP contribution < -0.4 is 10.2 Å². The van der Waals surface area contributed by atoms with Gasteiger partial charge in [-0.2, -0.15) is 5.10 Å². The first kappa shape index (κ1) is 15.9. The molecule has 0 aliphatic heterocycles. The zero-order valence-corrected chi connectivity index (χ0v) is 13.1. The Labute approximate surface area is 132 Å². The number of thiophene rings is 1. The average molecular weight is 316 g/mol. The van der Waals surface area contributed by atoms with Crippen LogP contribution in [-0.4, -0.2) is 17.6 Å². The molecule has 1 aromatic carbocycles. The van der Waals surface area contributed by atoms with Gasteiger partial charge in [0.15, 0.2) is 0 Å². The number of ether oxygens (including phenoxy) is 1. The lowest BCUT2D eigenvalue weighted by Gasteiger charge is -2.04. The second kappa shape index (κ2) is 7.51. The molecule has 0 fully saturated rings. The highest BCUT2D eigenvalue weighted by Crippen LogP contribution is 2.13. The number of rotatable bonds is 5. The molecule has 0 aliphatic rings. The molecule has 114 valence electrons. The zero-order valence-electron chi connectivity index (χ0n) is 12.3. The van der Waals surface area contributed by atoms with Crippen molar-refractivity contribution < 1.29 is 14.3 Å². The maximum Gasteiger partial charge on any atom is 0.308 e. The SMILES string of the molecule is CC(=O)Oc1ccc(/C(C)=N/NC(=O)Cc2cccs2)cc1. The lowest BCUT2D eigenvalue weighted by Crippen LogP contribution is -2.20. The molecule has 0 atom stereocenters. The van der Waals surface area contributed by atoms with Gasteiger partial charge in [-0.25, -0.2) is 5.43 Å². The molecular weight excluding hydrogens is 300 g/mol. The number of nitrogens with one attached hydrogen (secondary N) is 1. The van der Waals surface area contributed by atoms with Crippen LogP contribution in [0.5, 0.6) is 5.75 Å². The van der Waals surface area contributed by atoms with E-state index < -0.39 is 0 Å². The van der Waals surface area contributed by atoms with E-state index in [1.807, 2.05) is 17.5 Å². The predicted molar refractivity (Wildman–Crippen MR) is 86.1 cm³/mol. The summed E-state index contributed by atoms with van der Waals surface area (Å²) in [7, 11) is 0. The van der Waals surface area contributed by atoms with Crippen LogP contribution in [-0.2, 0) is 16.0 Å². The molecule has 0 saturated carbocycles. The number of benzene rings is 1. The molecule has 6 heteroatoms. The Morgan fingerprint density at radius 2 is 1.91 bits per heavy atom. The van der Waals surface area contributed by atoms with Crippen LogP contribution in [0.1, 0.15) is 24.3 Å². The Bertz CT molecular complexity index is 676. The van der Waals surface area contributed by atoms with Crippen LogP contribution in [0.25, 0.3) is 0 Å². The van der Waals surface area contributed by atoms with Crippen LogP contribution in [0.4, 0.5) is 0 Å². The fourth-order valence-corrected chi connectivity index (χ4v) is 2.46. The Morgan fingerprint density at radius 3 is 2.50 bits per heavy atom. The first-order valence-electron chi connectivity index (χ1n) is 6.69. The molecule has 1 amide bonds. The molecule has 0 bridgehead atoms. The van der Waals surface area contributed by atoms with Crippen molar-refractivity contribution in [1.29, 1.82) is 0 Å². The van der Waals surface area contributed by atoms with Gasteiger partial charge in [0, 0.05) is 11.8 Å². The van der Waals surface area contributed by atoms with Crippen molar-refractivity contribution in [2.75, 3.05) is 0 Å². The molecule has 22 heavy (non-hydrogen) atoms. The number of carbonyl (C=O) groups is 2. The van der Waals surface area contributed by atoms with Crippen molar-refractivity contribution in [2.45, 2.75) is 20.3 Å². The highest BCUT2D eigenvalue weighted by Gasteiger charge is 2.04. The number of hydrogen-bond acceptors (Lipinski definition) is 5. The summed E-state index contributed by atoms with van der Waals surface area (Å²) in [5.41, 5.74) is 4.05. The van der Waals surface area contributed by atoms with Crippen LogP contribution in [0.3, 0.4) is 0 Å². The summed E-state index contributed by atoms with van der Waals surface area (Å²) in [5, 5.41) is 6.01. The summed E-state index contributed by atoms with van der Waals surface area (Å²) in [5.74, 6) is -0.0388. The van der Waals surface area contributed by atoms with Gasteiger partial charge in [-0.1, -0.05) is 6.07 Å². The van der Waals surface area contributed by atoms with E-state index in [4.69, 9.17) is 4.74 Å². The second-order valence-electron chi connectivity index (χ2n) is 4.61. The molecular formula is C16H16N2O3S. The topological polar surface area (TPSA) is 67.8 Å². The van der Waals surface area contributed by atoms with Gasteiger partial charge in [0.25, 0.3) is 0 Å². The minimum atomic E-state index is -0.362. The Kier molecular flexibility index (Phi) is 5.43. The lowest BCUT2D eigenvalue weighted by atomic mass is 10.1. The lowest BCUT2D eigenvalue weighted by molar-refractivity contribution is -0.131. The van der Waals surface area contributed by atoms with E-state index in [2.05, 4.69) is 10.5 Å². The summed E-state index contributed by atoms with van der Waals surface area (Å²) in [6.45, 7) is 3.15. The van der Waals surface area contributed by atoms with Crippen molar-refractivity contribution in [3.63, 3.8) is 0 Å². The summed E-state index contributed by atoms with van der Waals surface area (Å²) in [6, 6.07) is 10.7. The summed E-state index contributed by atoms with van der Waals surface area (Å²) in [4.78, 5) is 23.6. The van der Waals surface area contributed by atoms with Crippen molar-refractivity contribution >= 4 is 28.9 Å². The molecule has 1 N–H and O–H groups in total. The summed E-state index contributed by atoms with van der Waals surface area (Å²) < 4.78 is 4.96. The molecule has 2 aromatic rings. The Morgan fingerprint density at radius 1 is 1.18 bits per heavy atom. The largest absolute Gasteiger partial charge is 0.427 e. The average Bonchev–Trinajstić information content (AvgIpc) is 2.98. The van der Waals surface area contributed by atoms with Gasteiger partial charge in [-0.15, -0.1) is 11.3 Å². The molecule has 5 nitrogen and oxygen atoms in total. The third kappa shape index (κ3) is 4.82. The molecule has 1 aromatic heterocycles. The standard InChI is InChI=1S/C16H16N2O3S/c1-11(13-5-7-14(8-6-13)21-12(2)19)17-18-16(20)10-15-4-3-9-22-15/h3-9H,10H2,1-2H3,(H,18,20)/b17-11+. The third-order valence-corrected chi connectivity index (χ3v) is 3.67. The van der Waals surface area contributed by atoms with Crippen molar-refractivity contribution in [3.8, 4) is 5.75 Å². The monoisotopic (exact) mass is 316 g/mol. The zero-order chi connectivity index (χ0) is 15.9. The van der Waals surface area contributed by atoms with Gasteiger partial charge >= 0.3 is 5.97 Å². The van der Waals surface area contributed by atoms with Gasteiger partial charge < -0.3 is 4.74 Å². The number of amides is 1. The Hall–Kier alpha value is -2.47. The van der Waals surface area contributed by atoms with Crippen molar-refractivity contribution in [1.82, 2.24) is 5.43 Å². The molecule has 0 radical (unpaired) electrons. The minimum Gasteiger partial charge on any atom is -0.427 e. The predicted octanol–water partition coefficient (Wildman–Crippen LogP) is 2.76. The fourth-order valence-electron chi connectivity index (χ4n) is 1.75. The smallest absolute Gasteiger partial charge is 0.308 e. The first-order chi connectivity index (χ1) is 10.5. The molecule has 1 heterocycles. The van der Waals surface area contributed by atoms with E-state index in [0.717, 1.165) is 10.4 Å². The van der Waals surface area contributed by atoms with Crippen molar-refractivity contribution in [3.05, 3.63) is 52.2 Å². The van der Waals surface area contributed by atoms with E-state index in [-0.39, 0.29) is 11.9 Å². The van der Waals surface area contributed by atoms with Gasteiger partial charge in [0.2, 0.25) is 5.91 Å². The maximum atomic E-state index is 11.8. The van der Waals surface area contributed by atoms with E-state index >= 15 is 0 Å². The number of carbonyl (C=O) groups excluding carboxylic acids is 2. The quantitative estimate of drug-likeness (QED) is 0.399. The first-order valence-corrected chi connectivity index (χ1v) is 7.57. The van der Waals surface area contributed by atoms with Crippen molar-refractivity contribution in [2.24, 2.45) is 5.10 Å². The van der Waals surface area contributed by atoms with Crippen LogP contribution >= 0.6 is 11.3 Å². The molecule has 0 saturated heterocycles. The normalized spacial score (nSPS) is 11.1. The number of esters is 1. The number of nitrogens with zero attached hydrogens (tertiary/aromatic N) is 1.